The van der Waals surface area contributed by atoms with E-state index in [0.29, 0.717) is 48.1 Å². The molecule has 1 aromatic carbocycles. The van der Waals surface area contributed by atoms with Crippen LogP contribution in [-0.2, 0) is 32.5 Å². The van der Waals surface area contributed by atoms with E-state index in [2.05, 4.69) is 10.4 Å². The summed E-state index contributed by atoms with van der Waals surface area (Å²) in [4.78, 5) is 41.6. The Kier molecular flexibility index (Phi) is 7.19. The third kappa shape index (κ3) is 4.98. The molecular formula is C27H31N5O6S2. The summed E-state index contributed by atoms with van der Waals surface area (Å²) in [5.41, 5.74) is 2.08. The zero-order valence-corrected chi connectivity index (χ0v) is 24.6. The summed E-state index contributed by atoms with van der Waals surface area (Å²) >= 11 is 1.26. The largest absolute Gasteiger partial charge is 0.363 e. The quantitative estimate of drug-likeness (QED) is 0.487. The predicted octanol–water partition coefficient (Wildman–Crippen LogP) is 3.16. The van der Waals surface area contributed by atoms with Gasteiger partial charge in [0.2, 0.25) is 15.9 Å². The number of anilines is 1. The van der Waals surface area contributed by atoms with Crippen molar-refractivity contribution >= 4 is 44.1 Å². The Hall–Kier alpha value is -3.39. The number of hydrogen-bond donors (Lipinski definition) is 1. The lowest BCUT2D eigenvalue weighted by molar-refractivity contribution is -0.129. The van der Waals surface area contributed by atoms with Crippen LogP contribution in [0.15, 0.2) is 35.2 Å². The number of nitrogens with zero attached hydrogens (tertiary/aromatic N) is 4. The predicted molar refractivity (Wildman–Crippen MR) is 149 cm³/mol. The Morgan fingerprint density at radius 1 is 1.12 bits per heavy atom. The van der Waals surface area contributed by atoms with Crippen molar-refractivity contribution in [2.45, 2.75) is 58.0 Å². The highest BCUT2D eigenvalue weighted by Gasteiger charge is 2.42. The number of carbonyl (C=O) groups excluding carboxylic acids is 3. The molecule has 0 spiro atoms. The minimum Gasteiger partial charge on any atom is -0.363 e. The molecule has 0 bridgehead atoms. The lowest BCUT2D eigenvalue weighted by Gasteiger charge is -2.28. The van der Waals surface area contributed by atoms with Crippen molar-refractivity contribution in [1.82, 2.24) is 19.0 Å². The number of hydrogen-bond acceptors (Lipinski definition) is 8. The van der Waals surface area contributed by atoms with Gasteiger partial charge in [0.15, 0.2) is 0 Å². The van der Waals surface area contributed by atoms with Crippen molar-refractivity contribution in [2.24, 2.45) is 0 Å². The van der Waals surface area contributed by atoms with E-state index < -0.39 is 21.5 Å². The van der Waals surface area contributed by atoms with Gasteiger partial charge in [-0.15, -0.1) is 11.3 Å². The van der Waals surface area contributed by atoms with Gasteiger partial charge in [-0.3, -0.25) is 14.4 Å². The third-order valence-electron chi connectivity index (χ3n) is 7.19. The first-order chi connectivity index (χ1) is 18.8. The summed E-state index contributed by atoms with van der Waals surface area (Å²) in [6.45, 7) is 9.76. The number of ether oxygens (including phenoxy) is 1. The molecule has 13 heteroatoms. The average Bonchev–Trinajstić information content (AvgIpc) is 3.56. The molecule has 1 N–H and O–H groups in total. The highest BCUT2D eigenvalue weighted by atomic mass is 32.2. The molecule has 1 saturated heterocycles. The molecule has 5 rings (SSSR count). The monoisotopic (exact) mass is 585 g/mol. The third-order valence-corrected chi connectivity index (χ3v) is 10.4. The summed E-state index contributed by atoms with van der Waals surface area (Å²) < 4.78 is 34.3. The lowest BCUT2D eigenvalue weighted by Crippen LogP contribution is -2.44. The topological polar surface area (TPSA) is 131 Å². The molecule has 40 heavy (non-hydrogen) atoms. The fraction of sp³-hybridized carbons (Fsp3) is 0.407. The summed E-state index contributed by atoms with van der Waals surface area (Å²) in [5, 5.41) is 7.57. The van der Waals surface area contributed by atoms with E-state index in [1.54, 1.807) is 38.7 Å². The number of rotatable bonds is 5. The van der Waals surface area contributed by atoms with Crippen LogP contribution in [0, 0.1) is 13.8 Å². The van der Waals surface area contributed by atoms with E-state index in [9.17, 15) is 22.8 Å². The first-order valence-electron chi connectivity index (χ1n) is 12.8. The number of thiophene rings is 1. The number of aromatic nitrogens is 2. The summed E-state index contributed by atoms with van der Waals surface area (Å²) in [7, 11) is -3.82. The lowest BCUT2D eigenvalue weighted by atomic mass is 10.0. The average molecular weight is 586 g/mol. The van der Waals surface area contributed by atoms with Crippen LogP contribution in [0.4, 0.5) is 5.00 Å². The number of benzene rings is 1. The van der Waals surface area contributed by atoms with E-state index in [1.165, 1.54) is 51.5 Å². The van der Waals surface area contributed by atoms with Gasteiger partial charge < -0.3 is 15.0 Å². The van der Waals surface area contributed by atoms with Crippen molar-refractivity contribution in [3.05, 3.63) is 63.3 Å². The first-order valence-corrected chi connectivity index (χ1v) is 15.1. The molecule has 2 aliphatic rings. The fourth-order valence-corrected chi connectivity index (χ4v) is 7.93. The van der Waals surface area contributed by atoms with Crippen LogP contribution >= 0.6 is 11.3 Å². The molecule has 0 saturated carbocycles. The van der Waals surface area contributed by atoms with Gasteiger partial charge in [-0.2, -0.15) is 9.40 Å². The first kappa shape index (κ1) is 28.1. The molecule has 2 aliphatic heterocycles. The molecule has 0 aliphatic carbocycles. The fourth-order valence-electron chi connectivity index (χ4n) is 5.03. The number of sulfonamides is 1. The SMILES string of the molecule is CC(=O)N1CCc2c(sc(NC(=O)c3ccc(S(=O)(=O)N4COCC4(C)C)cc3)c2C(=O)n2nc(C)cc2C)C1. The van der Waals surface area contributed by atoms with Crippen molar-refractivity contribution in [3.8, 4) is 0 Å². The van der Waals surface area contributed by atoms with Crippen LogP contribution in [0.2, 0.25) is 0 Å². The minimum absolute atomic E-state index is 0.0340. The zero-order chi connectivity index (χ0) is 29.0. The highest BCUT2D eigenvalue weighted by molar-refractivity contribution is 7.89. The van der Waals surface area contributed by atoms with Gasteiger partial charge in [0.25, 0.3) is 11.8 Å². The molecule has 4 heterocycles. The number of amides is 2. The Morgan fingerprint density at radius 2 is 1.82 bits per heavy atom. The van der Waals surface area contributed by atoms with Crippen LogP contribution in [0.1, 0.15) is 63.3 Å². The Morgan fingerprint density at radius 3 is 2.40 bits per heavy atom. The van der Waals surface area contributed by atoms with Gasteiger partial charge in [0.05, 0.1) is 34.8 Å². The van der Waals surface area contributed by atoms with Crippen molar-refractivity contribution < 1.29 is 27.5 Å². The summed E-state index contributed by atoms with van der Waals surface area (Å²) in [6.07, 6.45) is 0.477. The van der Waals surface area contributed by atoms with Gasteiger partial charge >= 0.3 is 0 Å². The van der Waals surface area contributed by atoms with E-state index in [4.69, 9.17) is 4.74 Å². The second-order valence-corrected chi connectivity index (χ2v) is 13.6. The van der Waals surface area contributed by atoms with E-state index in [-0.39, 0.29) is 29.0 Å². The van der Waals surface area contributed by atoms with Crippen molar-refractivity contribution in [1.29, 1.82) is 0 Å². The molecule has 2 aromatic heterocycles. The van der Waals surface area contributed by atoms with Crippen LogP contribution in [0.3, 0.4) is 0 Å². The normalized spacial score (nSPS) is 17.1. The Labute approximate surface area is 236 Å². The van der Waals surface area contributed by atoms with Gasteiger partial charge in [-0.25, -0.2) is 13.1 Å². The smallest absolute Gasteiger partial charge is 0.281 e. The standard InChI is InChI=1S/C27H31N5O6S2/c1-16-12-17(2)32(29-16)26(35)23-21-10-11-30(18(3)33)13-22(21)39-25(23)28-24(34)19-6-8-20(9-7-19)40(36,37)31-15-38-14-27(31,4)5/h6-9,12H,10-11,13-15H2,1-5H3,(H,28,34). The van der Waals surface area contributed by atoms with Crippen molar-refractivity contribution in [2.75, 3.05) is 25.2 Å². The molecule has 0 atom stereocenters. The molecule has 11 nitrogen and oxygen atoms in total. The second kappa shape index (κ2) is 10.2. The number of nitrogens with one attached hydrogen (secondary N) is 1. The van der Waals surface area contributed by atoms with Crippen LogP contribution in [0.25, 0.3) is 0 Å². The zero-order valence-electron chi connectivity index (χ0n) is 23.0. The summed E-state index contributed by atoms with van der Waals surface area (Å²) in [5.74, 6) is -0.903. The maximum absolute atomic E-state index is 13.7. The number of carbonyl (C=O) groups is 3. The summed E-state index contributed by atoms with van der Waals surface area (Å²) in [6, 6.07) is 7.48. The van der Waals surface area contributed by atoms with E-state index >= 15 is 0 Å². The van der Waals surface area contributed by atoms with Gasteiger partial charge in [-0.05, 0) is 70.0 Å². The van der Waals surface area contributed by atoms with E-state index in [1.807, 2.05) is 0 Å². The van der Waals surface area contributed by atoms with Gasteiger partial charge in [0, 0.05) is 29.6 Å². The Bertz CT molecular complexity index is 1620. The van der Waals surface area contributed by atoms with Crippen LogP contribution in [-0.4, -0.2) is 70.5 Å². The van der Waals surface area contributed by atoms with Gasteiger partial charge in [-0.1, -0.05) is 0 Å². The molecule has 0 radical (unpaired) electrons. The maximum atomic E-state index is 13.7. The van der Waals surface area contributed by atoms with Crippen LogP contribution in [0.5, 0.6) is 0 Å². The Balaban J connectivity index is 1.45. The molecule has 3 aromatic rings. The number of aryl methyl sites for hydroxylation is 2. The highest BCUT2D eigenvalue weighted by Crippen LogP contribution is 2.38. The second-order valence-electron chi connectivity index (χ2n) is 10.7. The van der Waals surface area contributed by atoms with E-state index in [0.717, 1.165) is 10.4 Å². The molecule has 212 valence electrons. The molecule has 1 fully saturated rings. The molecular weight excluding hydrogens is 554 g/mol. The molecule has 0 unspecified atom stereocenters. The molecule has 2 amide bonds. The van der Waals surface area contributed by atoms with Crippen molar-refractivity contribution in [3.63, 3.8) is 0 Å². The number of fused-ring (bicyclic) bond motifs is 1. The van der Waals surface area contributed by atoms with Crippen LogP contribution < -0.4 is 5.32 Å². The van der Waals surface area contributed by atoms with Gasteiger partial charge in [0.1, 0.15) is 11.7 Å². The maximum Gasteiger partial charge on any atom is 0.281 e. The minimum atomic E-state index is -3.82.